The van der Waals surface area contributed by atoms with E-state index in [9.17, 15) is 5.11 Å². The molecule has 1 aliphatic heterocycles. The van der Waals surface area contributed by atoms with E-state index in [1.165, 1.54) is 0 Å². The highest BCUT2D eigenvalue weighted by Crippen LogP contribution is 2.28. The predicted octanol–water partition coefficient (Wildman–Crippen LogP) is 1.66. The van der Waals surface area contributed by atoms with Crippen LogP contribution in [0.3, 0.4) is 0 Å². The van der Waals surface area contributed by atoms with Crippen molar-refractivity contribution in [3.63, 3.8) is 0 Å². The highest BCUT2D eigenvalue weighted by atomic mass is 16.3. The van der Waals surface area contributed by atoms with Gasteiger partial charge in [-0.1, -0.05) is 27.4 Å². The number of hydrogen-bond donors (Lipinski definition) is 2. The minimum Gasteiger partial charge on any atom is -0.393 e. The second-order valence-electron chi connectivity index (χ2n) is 4.76. The van der Waals surface area contributed by atoms with Gasteiger partial charge in [0.05, 0.1) is 6.10 Å². The van der Waals surface area contributed by atoms with Crippen LogP contribution in [0.2, 0.25) is 0 Å². The molecule has 1 fully saturated rings. The highest BCUT2D eigenvalue weighted by Gasteiger charge is 2.30. The molecular weight excluding hydrogens is 150 g/mol. The first-order valence-corrected chi connectivity index (χ1v) is 4.52. The Morgan fingerprint density at radius 2 is 2.08 bits per heavy atom. The predicted molar refractivity (Wildman–Crippen MR) is 50.8 cm³/mol. The van der Waals surface area contributed by atoms with Crippen LogP contribution < -0.4 is 5.32 Å². The third-order valence-electron chi connectivity index (χ3n) is 2.41. The maximum Gasteiger partial charge on any atom is 0.0614 e. The molecule has 1 rings (SSSR count). The molecule has 0 aliphatic carbocycles. The summed E-state index contributed by atoms with van der Waals surface area (Å²) in [4.78, 5) is 0. The molecule has 2 unspecified atom stereocenters. The number of nitrogens with one attached hydrogen (secondary N) is 1. The smallest absolute Gasteiger partial charge is 0.0614 e. The molecule has 0 radical (unpaired) electrons. The quantitative estimate of drug-likeness (QED) is 0.578. The summed E-state index contributed by atoms with van der Waals surface area (Å²) in [6, 6.07) is 0.355. The van der Waals surface area contributed by atoms with Crippen LogP contribution in [-0.2, 0) is 0 Å². The van der Waals surface area contributed by atoms with E-state index in [-0.39, 0.29) is 11.5 Å². The lowest BCUT2D eigenvalue weighted by atomic mass is 9.81. The minimum absolute atomic E-state index is 0.199. The van der Waals surface area contributed by atoms with Crippen LogP contribution in [-0.4, -0.2) is 17.3 Å². The zero-order valence-corrected chi connectivity index (χ0v) is 8.22. The maximum absolute atomic E-state index is 9.51. The first-order chi connectivity index (χ1) is 5.39. The van der Waals surface area contributed by atoms with E-state index in [0.717, 1.165) is 12.1 Å². The molecular formula is C10H19NO. The Balaban J connectivity index is 2.62. The number of piperidine rings is 1. The Labute approximate surface area is 74.7 Å². The van der Waals surface area contributed by atoms with Crippen molar-refractivity contribution in [1.29, 1.82) is 0 Å². The third-order valence-corrected chi connectivity index (χ3v) is 2.41. The summed E-state index contributed by atoms with van der Waals surface area (Å²) >= 11 is 0. The van der Waals surface area contributed by atoms with Gasteiger partial charge in [-0.3, -0.25) is 0 Å². The zero-order valence-electron chi connectivity index (χ0n) is 8.22. The summed E-state index contributed by atoms with van der Waals surface area (Å²) in [5.41, 5.74) is 1.17. The van der Waals surface area contributed by atoms with E-state index in [1.807, 2.05) is 0 Å². The van der Waals surface area contributed by atoms with Crippen LogP contribution in [0.4, 0.5) is 0 Å². The van der Waals surface area contributed by atoms with Gasteiger partial charge in [-0.15, -0.1) is 0 Å². The molecule has 0 saturated carbocycles. The summed E-state index contributed by atoms with van der Waals surface area (Å²) in [6.07, 6.45) is 1.33. The van der Waals surface area contributed by atoms with Crippen molar-refractivity contribution in [2.45, 2.75) is 45.8 Å². The molecule has 70 valence electrons. The molecule has 2 heteroatoms. The van der Waals surface area contributed by atoms with Crippen molar-refractivity contribution >= 4 is 0 Å². The van der Waals surface area contributed by atoms with Crippen molar-refractivity contribution in [1.82, 2.24) is 5.32 Å². The summed E-state index contributed by atoms with van der Waals surface area (Å²) in [6.45, 7) is 10.4. The molecule has 0 spiro atoms. The first kappa shape index (κ1) is 9.59. The molecule has 1 aliphatic rings. The van der Waals surface area contributed by atoms with Gasteiger partial charge in [0, 0.05) is 18.2 Å². The lowest BCUT2D eigenvalue weighted by Gasteiger charge is -2.38. The van der Waals surface area contributed by atoms with Gasteiger partial charge in [0.1, 0.15) is 0 Å². The van der Waals surface area contributed by atoms with E-state index in [2.05, 4.69) is 32.7 Å². The molecule has 2 N–H and O–H groups in total. The molecule has 0 amide bonds. The molecule has 2 nitrogen and oxygen atoms in total. The zero-order chi connectivity index (χ0) is 9.35. The molecule has 0 aromatic carbocycles. The third kappa shape index (κ3) is 2.24. The normalized spacial score (nSPS) is 31.5. The molecule has 2 atom stereocenters. The van der Waals surface area contributed by atoms with Crippen molar-refractivity contribution < 1.29 is 5.11 Å². The van der Waals surface area contributed by atoms with E-state index < -0.39 is 0 Å². The number of rotatable bonds is 0. The van der Waals surface area contributed by atoms with Crippen molar-refractivity contribution in [2.75, 3.05) is 0 Å². The fourth-order valence-electron chi connectivity index (χ4n) is 1.57. The topological polar surface area (TPSA) is 32.3 Å². The van der Waals surface area contributed by atoms with Crippen LogP contribution in [0.1, 0.15) is 33.6 Å². The SMILES string of the molecule is C=C1CC(O)CC(C(C)(C)C)N1. The average Bonchev–Trinajstić information content (AvgIpc) is 1.82. The minimum atomic E-state index is -0.206. The van der Waals surface area contributed by atoms with Gasteiger partial charge < -0.3 is 10.4 Å². The summed E-state index contributed by atoms with van der Waals surface area (Å²) in [7, 11) is 0. The highest BCUT2D eigenvalue weighted by molar-refractivity contribution is 5.03. The molecule has 0 aromatic heterocycles. The van der Waals surface area contributed by atoms with Gasteiger partial charge in [0.15, 0.2) is 0 Å². The summed E-state index contributed by atoms with van der Waals surface area (Å²) < 4.78 is 0. The molecule has 0 bridgehead atoms. The fourth-order valence-corrected chi connectivity index (χ4v) is 1.57. The Kier molecular flexibility index (Phi) is 2.47. The van der Waals surface area contributed by atoms with Crippen LogP contribution >= 0.6 is 0 Å². The molecule has 1 saturated heterocycles. The maximum atomic E-state index is 9.51. The van der Waals surface area contributed by atoms with Crippen LogP contribution in [0.5, 0.6) is 0 Å². The molecule has 1 heterocycles. The largest absolute Gasteiger partial charge is 0.393 e. The molecule has 0 aromatic rings. The van der Waals surface area contributed by atoms with E-state index in [0.29, 0.717) is 12.5 Å². The summed E-state index contributed by atoms with van der Waals surface area (Å²) in [5, 5.41) is 12.8. The lowest BCUT2D eigenvalue weighted by Crippen LogP contribution is -2.46. The number of aliphatic hydroxyl groups excluding tert-OH is 1. The number of aliphatic hydroxyl groups is 1. The second-order valence-corrected chi connectivity index (χ2v) is 4.76. The standard InChI is InChI=1S/C10H19NO/c1-7-5-8(12)6-9(11-7)10(2,3)4/h8-9,11-12H,1,5-6H2,2-4H3. The van der Waals surface area contributed by atoms with E-state index in [1.54, 1.807) is 0 Å². The fraction of sp³-hybridized carbons (Fsp3) is 0.800. The molecule has 12 heavy (non-hydrogen) atoms. The second kappa shape index (κ2) is 3.09. The van der Waals surface area contributed by atoms with E-state index >= 15 is 0 Å². The lowest BCUT2D eigenvalue weighted by molar-refractivity contribution is 0.0994. The van der Waals surface area contributed by atoms with Crippen LogP contribution in [0, 0.1) is 5.41 Å². The van der Waals surface area contributed by atoms with Crippen molar-refractivity contribution in [3.05, 3.63) is 12.3 Å². The van der Waals surface area contributed by atoms with Crippen molar-refractivity contribution in [2.24, 2.45) is 5.41 Å². The Bertz CT molecular complexity index is 181. The van der Waals surface area contributed by atoms with Gasteiger partial charge in [0.2, 0.25) is 0 Å². The monoisotopic (exact) mass is 169 g/mol. The first-order valence-electron chi connectivity index (χ1n) is 4.52. The van der Waals surface area contributed by atoms with Gasteiger partial charge in [-0.2, -0.15) is 0 Å². The Hall–Kier alpha value is -0.500. The van der Waals surface area contributed by atoms with Gasteiger partial charge in [-0.25, -0.2) is 0 Å². The van der Waals surface area contributed by atoms with Gasteiger partial charge in [0.25, 0.3) is 0 Å². The average molecular weight is 169 g/mol. The Morgan fingerprint density at radius 3 is 2.50 bits per heavy atom. The number of hydrogen-bond acceptors (Lipinski definition) is 2. The summed E-state index contributed by atoms with van der Waals surface area (Å²) in [5.74, 6) is 0. The van der Waals surface area contributed by atoms with Gasteiger partial charge >= 0.3 is 0 Å². The van der Waals surface area contributed by atoms with Crippen molar-refractivity contribution in [3.8, 4) is 0 Å². The van der Waals surface area contributed by atoms with Crippen LogP contribution in [0.15, 0.2) is 12.3 Å². The van der Waals surface area contributed by atoms with Crippen LogP contribution in [0.25, 0.3) is 0 Å². The van der Waals surface area contributed by atoms with Gasteiger partial charge in [-0.05, 0) is 11.8 Å². The Morgan fingerprint density at radius 1 is 1.50 bits per heavy atom. The van der Waals surface area contributed by atoms with E-state index in [4.69, 9.17) is 0 Å².